The Morgan fingerprint density at radius 2 is 1.12 bits per heavy atom. The number of hydrogen-bond acceptors (Lipinski definition) is 2. The van der Waals surface area contributed by atoms with Crippen molar-refractivity contribution in [2.45, 2.75) is 11.7 Å². The van der Waals surface area contributed by atoms with Crippen molar-refractivity contribution in [2.75, 3.05) is 0 Å². The van der Waals surface area contributed by atoms with Gasteiger partial charge in [-0.3, -0.25) is 0 Å². The number of benzene rings is 3. The van der Waals surface area contributed by atoms with Crippen molar-refractivity contribution in [1.29, 1.82) is 0 Å². The topological polar surface area (TPSA) is 40.5 Å². The van der Waals surface area contributed by atoms with Crippen LogP contribution in [0.1, 0.15) is 33.9 Å². The Morgan fingerprint density at radius 1 is 0.692 bits per heavy atom. The smallest absolute Gasteiger partial charge is 0.145 e. The fourth-order valence-corrected chi connectivity index (χ4v) is 3.11. The third-order valence-electron chi connectivity index (χ3n) is 4.68. The minimum atomic E-state index is -1.58. The Labute approximate surface area is 154 Å². The van der Waals surface area contributed by atoms with Gasteiger partial charge in [0.25, 0.3) is 0 Å². The van der Waals surface area contributed by atoms with Crippen LogP contribution in [0.2, 0.25) is 0 Å². The highest BCUT2D eigenvalue weighted by molar-refractivity contribution is 5.52. The maximum atomic E-state index is 11.7. The quantitative estimate of drug-likeness (QED) is 0.666. The molecule has 2 N–H and O–H groups in total. The molecule has 26 heavy (non-hydrogen) atoms. The predicted molar refractivity (Wildman–Crippen MR) is 107 cm³/mol. The maximum Gasteiger partial charge on any atom is 0.145 e. The summed E-state index contributed by atoms with van der Waals surface area (Å²) >= 11 is 0. The lowest BCUT2D eigenvalue weighted by Crippen LogP contribution is -2.35. The monoisotopic (exact) mass is 342 g/mol. The maximum absolute atomic E-state index is 11.7. The van der Waals surface area contributed by atoms with Crippen molar-refractivity contribution in [1.82, 2.24) is 0 Å². The summed E-state index contributed by atoms with van der Waals surface area (Å²) in [5.41, 5.74) is 2.20. The summed E-state index contributed by atoms with van der Waals surface area (Å²) in [5, 5.41) is 22.8. The molecule has 0 amide bonds. The molecule has 0 saturated carbocycles. The van der Waals surface area contributed by atoms with E-state index in [0.717, 1.165) is 11.1 Å². The second-order valence-corrected chi connectivity index (χ2v) is 6.23. The highest BCUT2D eigenvalue weighted by Crippen LogP contribution is 2.41. The summed E-state index contributed by atoms with van der Waals surface area (Å²) in [6.45, 7) is 7.52. The Bertz CT molecular complexity index is 826. The lowest BCUT2D eigenvalue weighted by atomic mass is 9.78. The minimum Gasteiger partial charge on any atom is -0.385 e. The molecule has 3 aromatic rings. The van der Waals surface area contributed by atoms with Crippen LogP contribution in [0.5, 0.6) is 0 Å². The van der Waals surface area contributed by atoms with Crippen molar-refractivity contribution < 1.29 is 10.2 Å². The molecule has 0 aromatic heterocycles. The number of hydrogen-bond donors (Lipinski definition) is 2. The highest BCUT2D eigenvalue weighted by atomic mass is 16.3. The van der Waals surface area contributed by atoms with Crippen LogP contribution in [0, 0.1) is 0 Å². The van der Waals surface area contributed by atoms with Crippen LogP contribution < -0.4 is 0 Å². The van der Waals surface area contributed by atoms with Gasteiger partial charge in [-0.1, -0.05) is 104 Å². The first-order valence-electron chi connectivity index (χ1n) is 8.51. The van der Waals surface area contributed by atoms with Crippen LogP contribution in [0.4, 0.5) is 0 Å². The van der Waals surface area contributed by atoms with Gasteiger partial charge in [0.05, 0.1) is 0 Å². The fourth-order valence-electron chi connectivity index (χ4n) is 3.11. The van der Waals surface area contributed by atoms with Crippen molar-refractivity contribution in [3.05, 3.63) is 120 Å². The van der Waals surface area contributed by atoms with E-state index in [-0.39, 0.29) is 0 Å². The normalized spacial score (nSPS) is 12.4. The summed E-state index contributed by atoms with van der Waals surface area (Å²) in [6, 6.07) is 24.0. The predicted octanol–water partition coefficient (Wildman–Crippen LogP) is 4.94. The van der Waals surface area contributed by atoms with E-state index < -0.39 is 11.7 Å². The van der Waals surface area contributed by atoms with E-state index >= 15 is 0 Å². The lowest BCUT2D eigenvalue weighted by Gasteiger charge is -2.34. The molecular formula is C24H22O2. The summed E-state index contributed by atoms with van der Waals surface area (Å²) < 4.78 is 0. The number of aliphatic hydroxyl groups excluding tert-OH is 1. The molecule has 0 unspecified atom stereocenters. The third-order valence-corrected chi connectivity index (χ3v) is 4.68. The summed E-state index contributed by atoms with van der Waals surface area (Å²) in [5.74, 6) is 0. The summed E-state index contributed by atoms with van der Waals surface area (Å²) in [6.07, 6.45) is 2.37. The molecule has 0 aliphatic rings. The van der Waals surface area contributed by atoms with Crippen LogP contribution in [-0.4, -0.2) is 10.2 Å². The van der Waals surface area contributed by atoms with Gasteiger partial charge in [-0.25, -0.2) is 0 Å². The zero-order valence-electron chi connectivity index (χ0n) is 14.5. The molecular weight excluding hydrogens is 320 g/mol. The first-order chi connectivity index (χ1) is 12.6. The second kappa shape index (κ2) is 7.52. The second-order valence-electron chi connectivity index (χ2n) is 6.23. The lowest BCUT2D eigenvalue weighted by molar-refractivity contribution is -0.0517. The molecule has 1 atom stereocenters. The minimum absolute atomic E-state index is 0.616. The molecule has 0 aliphatic heterocycles. The van der Waals surface area contributed by atoms with E-state index in [4.69, 9.17) is 0 Å². The van der Waals surface area contributed by atoms with Crippen LogP contribution in [0.25, 0.3) is 12.2 Å². The molecule has 0 aliphatic carbocycles. The molecule has 0 fully saturated rings. The Kier molecular flexibility index (Phi) is 5.17. The van der Waals surface area contributed by atoms with E-state index in [9.17, 15) is 10.2 Å². The van der Waals surface area contributed by atoms with Gasteiger partial charge in [-0.05, 0) is 27.8 Å². The molecule has 0 radical (unpaired) electrons. The van der Waals surface area contributed by atoms with Crippen molar-refractivity contribution >= 4 is 12.2 Å². The number of rotatable bonds is 6. The van der Waals surface area contributed by atoms with Crippen molar-refractivity contribution in [3.63, 3.8) is 0 Å². The molecule has 0 heterocycles. The van der Waals surface area contributed by atoms with Gasteiger partial charge >= 0.3 is 0 Å². The van der Waals surface area contributed by atoms with Gasteiger partial charge in [0.15, 0.2) is 0 Å². The first-order valence-corrected chi connectivity index (χ1v) is 8.51. The molecule has 0 spiro atoms. The fraction of sp³-hybridized carbons (Fsp3) is 0.0833. The largest absolute Gasteiger partial charge is 0.385 e. The van der Waals surface area contributed by atoms with Gasteiger partial charge in [0.2, 0.25) is 0 Å². The van der Waals surface area contributed by atoms with Gasteiger partial charge in [0.1, 0.15) is 11.7 Å². The van der Waals surface area contributed by atoms with E-state index in [1.165, 1.54) is 0 Å². The number of aliphatic hydroxyl groups is 2. The van der Waals surface area contributed by atoms with Gasteiger partial charge in [-0.15, -0.1) is 0 Å². The highest BCUT2D eigenvalue weighted by Gasteiger charge is 2.40. The zero-order chi connectivity index (χ0) is 18.6. The van der Waals surface area contributed by atoms with Crippen molar-refractivity contribution in [3.8, 4) is 0 Å². The van der Waals surface area contributed by atoms with Gasteiger partial charge < -0.3 is 10.2 Å². The Balaban J connectivity index is 2.15. The molecule has 2 heteroatoms. The molecule has 2 nitrogen and oxygen atoms in total. The first kappa shape index (κ1) is 17.9. The standard InChI is InChI=1S/C24H22O2/c1-3-18-10-14-21(15-11-18)24(26,22-16-12-19(4-2)13-17-22)23(25)20-8-6-5-7-9-20/h3-17,23,25-26H,1-2H2/t23-/m0/s1. The Morgan fingerprint density at radius 3 is 1.50 bits per heavy atom. The van der Waals surface area contributed by atoms with Crippen LogP contribution in [-0.2, 0) is 5.60 Å². The summed E-state index contributed by atoms with van der Waals surface area (Å²) in [7, 11) is 0. The zero-order valence-corrected chi connectivity index (χ0v) is 14.5. The molecule has 3 aromatic carbocycles. The van der Waals surface area contributed by atoms with Crippen molar-refractivity contribution in [2.24, 2.45) is 0 Å². The van der Waals surface area contributed by atoms with E-state index in [1.807, 2.05) is 78.9 Å². The van der Waals surface area contributed by atoms with E-state index in [1.54, 1.807) is 12.2 Å². The molecule has 0 saturated heterocycles. The third kappa shape index (κ3) is 3.25. The SMILES string of the molecule is C=Cc1ccc(C(O)(c2ccc(C=C)cc2)[C@@H](O)c2ccccc2)cc1. The van der Waals surface area contributed by atoms with Crippen LogP contribution in [0.15, 0.2) is 92.0 Å². The Hall–Kier alpha value is -2.94. The van der Waals surface area contributed by atoms with Crippen LogP contribution >= 0.6 is 0 Å². The summed E-state index contributed by atoms with van der Waals surface area (Å²) in [4.78, 5) is 0. The van der Waals surface area contributed by atoms with Gasteiger partial charge in [0, 0.05) is 0 Å². The molecule has 130 valence electrons. The van der Waals surface area contributed by atoms with E-state index in [0.29, 0.717) is 16.7 Å². The average Bonchev–Trinajstić information content (AvgIpc) is 2.73. The van der Waals surface area contributed by atoms with Crippen LogP contribution in [0.3, 0.4) is 0 Å². The molecule has 0 bridgehead atoms. The average molecular weight is 342 g/mol. The molecule has 3 rings (SSSR count). The van der Waals surface area contributed by atoms with E-state index in [2.05, 4.69) is 13.2 Å². The van der Waals surface area contributed by atoms with Gasteiger partial charge in [-0.2, -0.15) is 0 Å².